The predicted molar refractivity (Wildman–Crippen MR) is 132 cm³/mol. The molecule has 0 aliphatic rings. The van der Waals surface area contributed by atoms with Gasteiger partial charge in [-0.25, -0.2) is 4.39 Å². The van der Waals surface area contributed by atoms with Gasteiger partial charge in [0.15, 0.2) is 0 Å². The summed E-state index contributed by atoms with van der Waals surface area (Å²) in [4.78, 5) is 27.2. The number of nitrogens with zero attached hydrogens (tertiary/aromatic N) is 1. The summed E-state index contributed by atoms with van der Waals surface area (Å²) in [6.07, 6.45) is 0. The van der Waals surface area contributed by atoms with E-state index >= 15 is 0 Å². The number of carbonyl (C=O) groups is 2. The first-order chi connectivity index (χ1) is 15.1. The summed E-state index contributed by atoms with van der Waals surface area (Å²) in [6.45, 7) is 6.37. The number of amides is 2. The van der Waals surface area contributed by atoms with Gasteiger partial charge in [0.2, 0.25) is 11.8 Å². The quantitative estimate of drug-likeness (QED) is 0.406. The van der Waals surface area contributed by atoms with Crippen molar-refractivity contribution in [1.82, 2.24) is 10.2 Å². The second-order valence-electron chi connectivity index (χ2n) is 7.78. The average molecular weight is 520 g/mol. The molecule has 0 saturated carbocycles. The van der Waals surface area contributed by atoms with Crippen molar-refractivity contribution in [2.24, 2.45) is 5.92 Å². The summed E-state index contributed by atoms with van der Waals surface area (Å²) in [5, 5.41) is 3.97. The van der Waals surface area contributed by atoms with E-state index in [-0.39, 0.29) is 35.8 Å². The molecular weight excluding hydrogens is 494 g/mol. The van der Waals surface area contributed by atoms with Crippen molar-refractivity contribution in [2.45, 2.75) is 39.1 Å². The van der Waals surface area contributed by atoms with E-state index in [9.17, 15) is 14.0 Å². The second-order valence-corrected chi connectivity index (χ2v) is 9.99. The summed E-state index contributed by atoms with van der Waals surface area (Å²) in [5.41, 5.74) is 1.10. The summed E-state index contributed by atoms with van der Waals surface area (Å²) < 4.78 is 14.0. The van der Waals surface area contributed by atoms with E-state index < -0.39 is 11.9 Å². The zero-order chi connectivity index (χ0) is 23.8. The highest BCUT2D eigenvalue weighted by Gasteiger charge is 2.26. The molecule has 2 aromatic carbocycles. The Labute approximate surface area is 207 Å². The number of nitrogens with one attached hydrogen (secondary N) is 1. The van der Waals surface area contributed by atoms with Crippen LogP contribution in [-0.4, -0.2) is 35.1 Å². The Morgan fingerprint density at radius 3 is 2.41 bits per heavy atom. The zero-order valence-corrected chi connectivity index (χ0v) is 21.2. The predicted octanol–water partition coefficient (Wildman–Crippen LogP) is 6.21. The van der Waals surface area contributed by atoms with Gasteiger partial charge >= 0.3 is 0 Å². The lowest BCUT2D eigenvalue weighted by Crippen LogP contribution is -2.48. The Morgan fingerprint density at radius 1 is 1.06 bits per heavy atom. The first-order valence-electron chi connectivity index (χ1n) is 10.1. The standard InChI is InChI=1S/C23H26Cl3FN2O2S/c1-14(2)10-28-23(31)15(3)29(11-16-7-8-19(25)20(26)9-16)22(30)13-32-12-17-18(24)5-4-6-21(17)27/h4-9,14-15H,10-13H2,1-3H3,(H,28,31)/t15-/m0/s1. The van der Waals surface area contributed by atoms with E-state index in [4.69, 9.17) is 34.8 Å². The minimum absolute atomic E-state index is 0.0633. The average Bonchev–Trinajstić information content (AvgIpc) is 2.74. The van der Waals surface area contributed by atoms with Gasteiger partial charge in [0.05, 0.1) is 15.8 Å². The summed E-state index contributed by atoms with van der Waals surface area (Å²) in [5.74, 6) is -0.312. The monoisotopic (exact) mass is 518 g/mol. The van der Waals surface area contributed by atoms with E-state index in [2.05, 4.69) is 5.32 Å². The van der Waals surface area contributed by atoms with Gasteiger partial charge in [0.25, 0.3) is 0 Å². The fourth-order valence-electron chi connectivity index (χ4n) is 2.86. The van der Waals surface area contributed by atoms with Gasteiger partial charge in [-0.3, -0.25) is 9.59 Å². The maximum Gasteiger partial charge on any atom is 0.242 e. The van der Waals surface area contributed by atoms with Gasteiger partial charge in [-0.2, -0.15) is 0 Å². The van der Waals surface area contributed by atoms with Gasteiger partial charge in [0, 0.05) is 29.4 Å². The van der Waals surface area contributed by atoms with Crippen LogP contribution in [0.3, 0.4) is 0 Å². The minimum Gasteiger partial charge on any atom is -0.354 e. The topological polar surface area (TPSA) is 49.4 Å². The third-order valence-corrected chi connectivity index (χ3v) is 6.76. The molecule has 0 radical (unpaired) electrons. The van der Waals surface area contributed by atoms with Crippen LogP contribution < -0.4 is 5.32 Å². The molecule has 0 aromatic heterocycles. The SMILES string of the molecule is CC(C)CNC(=O)[C@H](C)N(Cc1ccc(Cl)c(Cl)c1)C(=O)CSCc1c(F)cccc1Cl. The Bertz CT molecular complexity index is 939. The number of carbonyl (C=O) groups excluding carboxylic acids is 2. The van der Waals surface area contributed by atoms with Crippen molar-refractivity contribution in [3.8, 4) is 0 Å². The Balaban J connectivity index is 2.13. The fourth-order valence-corrected chi connectivity index (χ4v) is 4.43. The van der Waals surface area contributed by atoms with Gasteiger partial charge in [-0.15, -0.1) is 11.8 Å². The Hall–Kier alpha value is -1.47. The highest BCUT2D eigenvalue weighted by atomic mass is 35.5. The molecule has 32 heavy (non-hydrogen) atoms. The van der Waals surface area contributed by atoms with Crippen molar-refractivity contribution < 1.29 is 14.0 Å². The molecule has 0 aliphatic heterocycles. The van der Waals surface area contributed by atoms with Crippen molar-refractivity contribution >= 4 is 58.4 Å². The van der Waals surface area contributed by atoms with E-state index in [1.807, 2.05) is 13.8 Å². The van der Waals surface area contributed by atoms with Crippen LogP contribution in [0, 0.1) is 11.7 Å². The molecule has 174 valence electrons. The van der Waals surface area contributed by atoms with Gasteiger partial charge in [-0.05, 0) is 42.7 Å². The van der Waals surface area contributed by atoms with Crippen LogP contribution in [0.5, 0.6) is 0 Å². The van der Waals surface area contributed by atoms with Crippen LogP contribution in [0.25, 0.3) is 0 Å². The van der Waals surface area contributed by atoms with Gasteiger partial charge in [0.1, 0.15) is 11.9 Å². The van der Waals surface area contributed by atoms with Crippen LogP contribution >= 0.6 is 46.6 Å². The Morgan fingerprint density at radius 2 is 1.78 bits per heavy atom. The summed E-state index contributed by atoms with van der Waals surface area (Å²) in [6, 6.07) is 8.87. The maximum absolute atomic E-state index is 14.0. The summed E-state index contributed by atoms with van der Waals surface area (Å²) >= 11 is 19.4. The highest BCUT2D eigenvalue weighted by Crippen LogP contribution is 2.26. The van der Waals surface area contributed by atoms with E-state index in [1.165, 1.54) is 28.8 Å². The third kappa shape index (κ3) is 7.84. The third-order valence-electron chi connectivity index (χ3n) is 4.72. The van der Waals surface area contributed by atoms with Crippen LogP contribution in [0.1, 0.15) is 31.9 Å². The molecule has 2 aromatic rings. The highest BCUT2D eigenvalue weighted by molar-refractivity contribution is 7.99. The molecule has 1 atom stereocenters. The number of hydrogen-bond acceptors (Lipinski definition) is 3. The number of thioether (sulfide) groups is 1. The molecule has 0 unspecified atom stereocenters. The molecule has 0 heterocycles. The number of hydrogen-bond donors (Lipinski definition) is 1. The second kappa shape index (κ2) is 12.7. The lowest BCUT2D eigenvalue weighted by Gasteiger charge is -2.29. The summed E-state index contributed by atoms with van der Waals surface area (Å²) in [7, 11) is 0. The van der Waals surface area contributed by atoms with Crippen molar-refractivity contribution in [3.05, 3.63) is 68.4 Å². The van der Waals surface area contributed by atoms with E-state index in [1.54, 1.807) is 31.2 Å². The van der Waals surface area contributed by atoms with Gasteiger partial charge in [-0.1, -0.05) is 60.8 Å². The van der Waals surface area contributed by atoms with E-state index in [0.717, 1.165) is 5.56 Å². The minimum atomic E-state index is -0.701. The zero-order valence-electron chi connectivity index (χ0n) is 18.1. The molecule has 2 rings (SSSR count). The molecule has 1 N–H and O–H groups in total. The molecule has 2 amide bonds. The molecule has 0 bridgehead atoms. The molecular formula is C23H26Cl3FN2O2S. The molecule has 0 aliphatic carbocycles. The number of halogens is 4. The molecule has 9 heteroatoms. The molecule has 4 nitrogen and oxygen atoms in total. The number of benzene rings is 2. The largest absolute Gasteiger partial charge is 0.354 e. The van der Waals surface area contributed by atoms with Crippen molar-refractivity contribution in [3.63, 3.8) is 0 Å². The van der Waals surface area contributed by atoms with Crippen LogP contribution in [0.15, 0.2) is 36.4 Å². The van der Waals surface area contributed by atoms with Gasteiger partial charge < -0.3 is 10.2 Å². The normalized spacial score (nSPS) is 12.0. The molecule has 0 saturated heterocycles. The van der Waals surface area contributed by atoms with E-state index in [0.29, 0.717) is 27.2 Å². The number of rotatable bonds is 10. The molecule has 0 spiro atoms. The van der Waals surface area contributed by atoms with Crippen molar-refractivity contribution in [1.29, 1.82) is 0 Å². The van der Waals surface area contributed by atoms with Crippen LogP contribution in [0.2, 0.25) is 15.1 Å². The lowest BCUT2D eigenvalue weighted by molar-refractivity contribution is -0.138. The Kier molecular flexibility index (Phi) is 10.6. The smallest absolute Gasteiger partial charge is 0.242 e. The van der Waals surface area contributed by atoms with Crippen LogP contribution in [0.4, 0.5) is 4.39 Å². The molecule has 0 fully saturated rings. The first kappa shape index (κ1) is 26.8. The van der Waals surface area contributed by atoms with Crippen molar-refractivity contribution in [2.75, 3.05) is 12.3 Å². The first-order valence-corrected chi connectivity index (χ1v) is 12.4. The lowest BCUT2D eigenvalue weighted by atomic mass is 10.1. The maximum atomic E-state index is 14.0. The fraction of sp³-hybridized carbons (Fsp3) is 0.391. The van der Waals surface area contributed by atoms with Crippen LogP contribution in [-0.2, 0) is 21.9 Å².